The highest BCUT2D eigenvalue weighted by atomic mass is 35.5. The highest BCUT2D eigenvalue weighted by molar-refractivity contribution is 7.88. The van der Waals surface area contributed by atoms with E-state index in [1.807, 2.05) is 0 Å². The molecule has 40 heavy (non-hydrogen) atoms. The van der Waals surface area contributed by atoms with Crippen LogP contribution in [0.25, 0.3) is 10.8 Å². The lowest BCUT2D eigenvalue weighted by Crippen LogP contribution is -2.33. The van der Waals surface area contributed by atoms with Crippen molar-refractivity contribution < 1.29 is 49.5 Å². The minimum Gasteiger partial charge on any atom is -0.466 e. The largest absolute Gasteiger partial charge is 0.534 e. The van der Waals surface area contributed by atoms with Gasteiger partial charge in [0.25, 0.3) is 0 Å². The Bertz CT molecular complexity index is 1820. The Labute approximate surface area is 229 Å². The number of halogens is 4. The first-order valence-corrected chi connectivity index (χ1v) is 13.3. The van der Waals surface area contributed by atoms with E-state index in [1.54, 1.807) is 36.4 Å². The molecule has 2 aliphatic rings. The topological polar surface area (TPSA) is 97.4 Å². The normalized spacial score (nSPS) is 17.6. The molecule has 0 radical (unpaired) electrons. The molecular formula is C27H16ClF3O8S. The van der Waals surface area contributed by atoms with Crippen molar-refractivity contribution in [3.8, 4) is 23.0 Å². The second-order valence-corrected chi connectivity index (χ2v) is 10.8. The molecule has 1 atom stereocenters. The van der Waals surface area contributed by atoms with Crippen LogP contribution < -0.4 is 13.7 Å². The molecule has 0 saturated carbocycles. The summed E-state index contributed by atoms with van der Waals surface area (Å²) in [4.78, 5) is 13.1. The zero-order valence-electron chi connectivity index (χ0n) is 20.2. The third kappa shape index (κ3) is 3.86. The first-order chi connectivity index (χ1) is 19.0. The molecule has 4 aromatic carbocycles. The van der Waals surface area contributed by atoms with Crippen LogP contribution in [0, 0.1) is 0 Å². The number of hydrogen-bond donors (Lipinski definition) is 0. The average molecular weight is 593 g/mol. The van der Waals surface area contributed by atoms with Gasteiger partial charge in [-0.3, -0.25) is 0 Å². The van der Waals surface area contributed by atoms with E-state index in [4.69, 9.17) is 30.5 Å². The van der Waals surface area contributed by atoms with E-state index in [9.17, 15) is 26.4 Å². The lowest BCUT2D eigenvalue weighted by Gasteiger charge is -2.37. The number of hydrogen-bond acceptors (Lipinski definition) is 8. The zero-order valence-corrected chi connectivity index (χ0v) is 21.8. The summed E-state index contributed by atoms with van der Waals surface area (Å²) in [6, 6.07) is 16.6. The van der Waals surface area contributed by atoms with Gasteiger partial charge in [-0.15, -0.1) is 0 Å². The van der Waals surface area contributed by atoms with Crippen LogP contribution in [0.3, 0.4) is 0 Å². The van der Waals surface area contributed by atoms with Crippen molar-refractivity contribution in [1.29, 1.82) is 0 Å². The van der Waals surface area contributed by atoms with Gasteiger partial charge >= 0.3 is 21.6 Å². The predicted octanol–water partition coefficient (Wildman–Crippen LogP) is 6.27. The second kappa shape index (κ2) is 9.01. The summed E-state index contributed by atoms with van der Waals surface area (Å²) in [5.41, 5.74) is -5.38. The summed E-state index contributed by atoms with van der Waals surface area (Å²) in [5, 5.41) is 0.889. The molecule has 206 valence electrons. The number of rotatable bonds is 5. The quantitative estimate of drug-likeness (QED) is 0.116. The van der Waals surface area contributed by atoms with Crippen LogP contribution in [0.5, 0.6) is 23.0 Å². The van der Waals surface area contributed by atoms with Crippen molar-refractivity contribution in [2.24, 2.45) is 0 Å². The third-order valence-electron chi connectivity index (χ3n) is 6.54. The van der Waals surface area contributed by atoms with E-state index in [0.29, 0.717) is 33.0 Å². The number of ether oxygens (including phenoxy) is 4. The van der Waals surface area contributed by atoms with Crippen molar-refractivity contribution in [2.75, 3.05) is 13.9 Å². The fourth-order valence-electron chi connectivity index (χ4n) is 4.89. The third-order valence-corrected chi connectivity index (χ3v) is 7.81. The second-order valence-electron chi connectivity index (χ2n) is 8.86. The van der Waals surface area contributed by atoms with E-state index in [1.165, 1.54) is 25.3 Å². The molecule has 6 rings (SSSR count). The summed E-state index contributed by atoms with van der Waals surface area (Å²) in [6.07, 6.45) is 0. The number of carbonyl (C=O) groups excluding carboxylic acids is 1. The Morgan fingerprint density at radius 1 is 0.975 bits per heavy atom. The molecule has 4 aromatic rings. The van der Waals surface area contributed by atoms with Crippen LogP contribution in [-0.2, 0) is 25.2 Å². The molecule has 0 saturated heterocycles. The first-order valence-electron chi connectivity index (χ1n) is 11.5. The molecule has 2 aliphatic heterocycles. The van der Waals surface area contributed by atoms with Gasteiger partial charge in [-0.25, -0.2) is 4.79 Å². The van der Waals surface area contributed by atoms with Crippen LogP contribution in [0.4, 0.5) is 13.2 Å². The Kier molecular flexibility index (Phi) is 5.91. The van der Waals surface area contributed by atoms with Gasteiger partial charge in [0.05, 0.1) is 10.6 Å². The first kappa shape index (κ1) is 26.2. The Morgan fingerprint density at radius 3 is 2.50 bits per heavy atom. The van der Waals surface area contributed by atoms with E-state index in [2.05, 4.69) is 4.18 Å². The zero-order chi connectivity index (χ0) is 28.4. The van der Waals surface area contributed by atoms with Gasteiger partial charge in [0.2, 0.25) is 0 Å². The molecule has 0 fully saturated rings. The van der Waals surface area contributed by atoms with Gasteiger partial charge in [-0.2, -0.15) is 21.6 Å². The lowest BCUT2D eigenvalue weighted by molar-refractivity contribution is -0.0500. The van der Waals surface area contributed by atoms with Crippen molar-refractivity contribution in [1.82, 2.24) is 0 Å². The minimum atomic E-state index is -5.88. The van der Waals surface area contributed by atoms with Crippen molar-refractivity contribution in [2.45, 2.75) is 11.1 Å². The molecule has 1 spiro atoms. The van der Waals surface area contributed by atoms with E-state index >= 15 is 0 Å². The number of alkyl halides is 3. The number of fused-ring (bicyclic) bond motifs is 8. The van der Waals surface area contributed by atoms with Gasteiger partial charge in [0.1, 0.15) is 23.0 Å². The Balaban J connectivity index is 1.58. The maximum absolute atomic E-state index is 13.1. The molecule has 0 aliphatic carbocycles. The summed E-state index contributed by atoms with van der Waals surface area (Å²) < 4.78 is 88.8. The van der Waals surface area contributed by atoms with Crippen LogP contribution in [0.15, 0.2) is 66.7 Å². The monoisotopic (exact) mass is 592 g/mol. The lowest BCUT2D eigenvalue weighted by atomic mass is 9.77. The van der Waals surface area contributed by atoms with E-state index < -0.39 is 32.9 Å². The average Bonchev–Trinajstić information content (AvgIpc) is 3.20. The maximum Gasteiger partial charge on any atom is 0.534 e. The van der Waals surface area contributed by atoms with Crippen LogP contribution in [0.2, 0.25) is 5.02 Å². The van der Waals surface area contributed by atoms with Gasteiger partial charge in [0, 0.05) is 35.3 Å². The maximum atomic E-state index is 13.1. The molecule has 0 amide bonds. The summed E-state index contributed by atoms with van der Waals surface area (Å²) in [6.45, 7) is -0.107. The van der Waals surface area contributed by atoms with Crippen LogP contribution in [-0.4, -0.2) is 33.8 Å². The van der Waals surface area contributed by atoms with Gasteiger partial charge in [-0.1, -0.05) is 35.9 Å². The smallest absolute Gasteiger partial charge is 0.466 e. The highest BCUT2D eigenvalue weighted by Gasteiger charge is 2.54. The highest BCUT2D eigenvalue weighted by Crippen LogP contribution is 2.58. The molecule has 13 heteroatoms. The fourth-order valence-corrected chi connectivity index (χ4v) is 5.56. The van der Waals surface area contributed by atoms with Gasteiger partial charge < -0.3 is 23.1 Å². The number of benzene rings is 4. The minimum absolute atomic E-state index is 0.107. The number of carbonyl (C=O) groups is 1. The van der Waals surface area contributed by atoms with Gasteiger partial charge in [0.15, 0.2) is 12.4 Å². The van der Waals surface area contributed by atoms with Crippen LogP contribution in [0.1, 0.15) is 27.0 Å². The Hall–Kier alpha value is -4.00. The molecule has 0 aromatic heterocycles. The van der Waals surface area contributed by atoms with Crippen molar-refractivity contribution >= 4 is 38.5 Å². The number of esters is 1. The van der Waals surface area contributed by atoms with Crippen molar-refractivity contribution in [3.63, 3.8) is 0 Å². The van der Waals surface area contributed by atoms with Crippen molar-refractivity contribution in [3.05, 3.63) is 94.0 Å². The molecule has 0 N–H and O–H groups in total. The summed E-state index contributed by atoms with van der Waals surface area (Å²) in [7, 11) is -4.44. The summed E-state index contributed by atoms with van der Waals surface area (Å²) >= 11 is 6.53. The predicted molar refractivity (Wildman–Crippen MR) is 135 cm³/mol. The Morgan fingerprint density at radius 2 is 1.75 bits per heavy atom. The fraction of sp³-hybridized carbons (Fsp3) is 0.148. The molecule has 1 unspecified atom stereocenters. The van der Waals surface area contributed by atoms with E-state index in [0.717, 1.165) is 12.1 Å². The standard InChI is InChI=1S/C27H16ClF3O8S/c1-35-13-36-23-12-22-20(11-21(23)28)26(18-5-3-2-4-17(18)25(32)38-26)19-9-6-14-10-15(7-8-16(14)24(19)37-22)39-40(33,34)27(29,30)31/h2-12H,13H2,1H3. The molecule has 2 heterocycles. The van der Waals surface area contributed by atoms with E-state index in [-0.39, 0.29) is 29.1 Å². The van der Waals surface area contributed by atoms with Crippen LogP contribution >= 0.6 is 11.6 Å². The summed E-state index contributed by atoms with van der Waals surface area (Å²) in [5.74, 6) is -0.437. The van der Waals surface area contributed by atoms with Gasteiger partial charge in [-0.05, 0) is 41.8 Å². The number of methoxy groups -OCH3 is 1. The molecule has 0 bridgehead atoms. The molecule has 8 nitrogen and oxygen atoms in total. The SMILES string of the molecule is COCOc1cc2c(cc1Cl)C1(OC(=O)c3ccccc31)c1ccc3cc(OS(=O)(=O)C(F)(F)F)ccc3c1O2. The molecular weight excluding hydrogens is 577 g/mol.